The van der Waals surface area contributed by atoms with Gasteiger partial charge in [0.2, 0.25) is 0 Å². The van der Waals surface area contributed by atoms with Crippen molar-refractivity contribution >= 4 is 0 Å². The number of nitrogens with one attached hydrogen (secondary N) is 1. The van der Waals surface area contributed by atoms with Gasteiger partial charge in [0, 0.05) is 19.8 Å². The van der Waals surface area contributed by atoms with Crippen LogP contribution in [0.25, 0.3) is 0 Å². The largest absolute Gasteiger partial charge is 0.382 e. The first-order valence-electron chi connectivity index (χ1n) is 7.78. The van der Waals surface area contributed by atoms with E-state index in [2.05, 4.69) is 12.4 Å². The first-order valence-corrected chi connectivity index (χ1v) is 7.78. The molecule has 1 aliphatic rings. The molecule has 5 nitrogen and oxygen atoms in total. The highest BCUT2D eigenvalue weighted by molar-refractivity contribution is 4.81. The van der Waals surface area contributed by atoms with Crippen molar-refractivity contribution in [2.75, 3.05) is 60.4 Å². The molecule has 120 valence electrons. The molecule has 0 radical (unpaired) electrons. The van der Waals surface area contributed by atoms with Crippen LogP contribution in [0.2, 0.25) is 0 Å². The van der Waals surface area contributed by atoms with Crippen LogP contribution >= 0.6 is 0 Å². The normalized spacial score (nSPS) is 22.5. The summed E-state index contributed by atoms with van der Waals surface area (Å²) < 4.78 is 21.2. The number of hydrogen-bond donors (Lipinski definition) is 1. The average molecular weight is 289 g/mol. The van der Waals surface area contributed by atoms with Gasteiger partial charge in [0.15, 0.2) is 0 Å². The van der Waals surface area contributed by atoms with Gasteiger partial charge in [-0.25, -0.2) is 0 Å². The summed E-state index contributed by atoms with van der Waals surface area (Å²) in [6.45, 7) is 4.67. The van der Waals surface area contributed by atoms with Crippen LogP contribution in [-0.2, 0) is 18.9 Å². The van der Waals surface area contributed by atoms with Crippen LogP contribution in [0.1, 0.15) is 25.7 Å². The monoisotopic (exact) mass is 289 g/mol. The zero-order valence-electron chi connectivity index (χ0n) is 13.1. The summed E-state index contributed by atoms with van der Waals surface area (Å²) in [7, 11) is 3.73. The predicted molar refractivity (Wildman–Crippen MR) is 79.1 cm³/mol. The predicted octanol–water partition coefficient (Wildman–Crippen LogP) is 1.46. The summed E-state index contributed by atoms with van der Waals surface area (Å²) in [5.74, 6) is 0.787. The van der Waals surface area contributed by atoms with E-state index in [1.54, 1.807) is 7.11 Å². The summed E-state index contributed by atoms with van der Waals surface area (Å²) in [6, 6.07) is 0.694. The minimum atomic E-state index is 0.620. The minimum Gasteiger partial charge on any atom is -0.382 e. The Kier molecular flexibility index (Phi) is 11.2. The zero-order chi connectivity index (χ0) is 14.5. The molecular formula is C15H31NO4. The van der Waals surface area contributed by atoms with E-state index in [1.165, 1.54) is 19.3 Å². The summed E-state index contributed by atoms with van der Waals surface area (Å²) in [5.41, 5.74) is 0. The Bertz CT molecular complexity index is 216. The maximum atomic E-state index is 5.62. The molecule has 1 N–H and O–H groups in total. The lowest BCUT2D eigenvalue weighted by atomic mass is 10.0. The summed E-state index contributed by atoms with van der Waals surface area (Å²) in [4.78, 5) is 0. The number of methoxy groups -OCH3 is 1. The standard InChI is InChI=1S/C15H31NO4/c1-16-15-5-3-4-14(15)6-7-18-10-11-20-13-12-19-9-8-17-2/h14-16H,3-13H2,1-2H3. The van der Waals surface area contributed by atoms with Crippen molar-refractivity contribution in [3.05, 3.63) is 0 Å². The molecule has 0 heterocycles. The van der Waals surface area contributed by atoms with E-state index in [1.807, 2.05) is 0 Å². The third-order valence-electron chi connectivity index (χ3n) is 3.84. The van der Waals surface area contributed by atoms with Crippen molar-refractivity contribution < 1.29 is 18.9 Å². The van der Waals surface area contributed by atoms with Gasteiger partial charge < -0.3 is 24.3 Å². The highest BCUT2D eigenvalue weighted by Crippen LogP contribution is 2.27. The van der Waals surface area contributed by atoms with E-state index in [0.717, 1.165) is 18.9 Å². The minimum absolute atomic E-state index is 0.620. The fourth-order valence-electron chi connectivity index (χ4n) is 2.68. The van der Waals surface area contributed by atoms with E-state index in [-0.39, 0.29) is 0 Å². The van der Waals surface area contributed by atoms with Crippen LogP contribution in [0.4, 0.5) is 0 Å². The smallest absolute Gasteiger partial charge is 0.0701 e. The van der Waals surface area contributed by atoms with Crippen LogP contribution in [0.3, 0.4) is 0 Å². The molecule has 5 heteroatoms. The Morgan fingerprint density at radius 3 is 2.05 bits per heavy atom. The van der Waals surface area contributed by atoms with Crippen LogP contribution in [0, 0.1) is 5.92 Å². The second kappa shape index (κ2) is 12.5. The Hall–Kier alpha value is -0.200. The lowest BCUT2D eigenvalue weighted by Gasteiger charge is -2.18. The van der Waals surface area contributed by atoms with Gasteiger partial charge in [-0.15, -0.1) is 0 Å². The first kappa shape index (κ1) is 17.9. The van der Waals surface area contributed by atoms with E-state index in [0.29, 0.717) is 45.7 Å². The molecule has 1 fully saturated rings. The molecule has 0 aliphatic heterocycles. The Balaban J connectivity index is 1.78. The third kappa shape index (κ3) is 8.17. The van der Waals surface area contributed by atoms with Gasteiger partial charge in [0.25, 0.3) is 0 Å². The Morgan fingerprint density at radius 1 is 0.850 bits per heavy atom. The van der Waals surface area contributed by atoms with Gasteiger partial charge in [0.05, 0.1) is 39.6 Å². The zero-order valence-corrected chi connectivity index (χ0v) is 13.1. The van der Waals surface area contributed by atoms with Crippen molar-refractivity contribution in [2.45, 2.75) is 31.7 Å². The third-order valence-corrected chi connectivity index (χ3v) is 3.84. The van der Waals surface area contributed by atoms with Gasteiger partial charge >= 0.3 is 0 Å². The summed E-state index contributed by atoms with van der Waals surface area (Å²) in [6.07, 6.45) is 5.16. The molecule has 1 rings (SSSR count). The molecular weight excluding hydrogens is 258 g/mol. The van der Waals surface area contributed by atoms with E-state index < -0.39 is 0 Å². The fourth-order valence-corrected chi connectivity index (χ4v) is 2.68. The first-order chi connectivity index (χ1) is 9.88. The molecule has 20 heavy (non-hydrogen) atoms. The van der Waals surface area contributed by atoms with Gasteiger partial charge in [-0.1, -0.05) is 6.42 Å². The van der Waals surface area contributed by atoms with Crippen molar-refractivity contribution in [3.8, 4) is 0 Å². The van der Waals surface area contributed by atoms with Crippen LogP contribution in [-0.4, -0.2) is 66.4 Å². The Labute approximate surface area is 123 Å². The van der Waals surface area contributed by atoms with Gasteiger partial charge in [0.1, 0.15) is 0 Å². The molecule has 0 aromatic carbocycles. The molecule has 2 unspecified atom stereocenters. The fraction of sp³-hybridized carbons (Fsp3) is 1.00. The van der Waals surface area contributed by atoms with E-state index >= 15 is 0 Å². The summed E-state index contributed by atoms with van der Waals surface area (Å²) >= 11 is 0. The van der Waals surface area contributed by atoms with Crippen LogP contribution in [0.15, 0.2) is 0 Å². The second-order valence-electron chi connectivity index (χ2n) is 5.20. The Morgan fingerprint density at radius 2 is 1.45 bits per heavy atom. The molecule has 0 aromatic heterocycles. The van der Waals surface area contributed by atoms with Crippen molar-refractivity contribution in [1.29, 1.82) is 0 Å². The van der Waals surface area contributed by atoms with Gasteiger partial charge in [-0.3, -0.25) is 0 Å². The van der Waals surface area contributed by atoms with E-state index in [9.17, 15) is 0 Å². The topological polar surface area (TPSA) is 49.0 Å². The van der Waals surface area contributed by atoms with Crippen molar-refractivity contribution in [2.24, 2.45) is 5.92 Å². The summed E-state index contributed by atoms with van der Waals surface area (Å²) in [5, 5.41) is 3.40. The van der Waals surface area contributed by atoms with E-state index in [4.69, 9.17) is 18.9 Å². The molecule has 1 aliphatic carbocycles. The lowest BCUT2D eigenvalue weighted by molar-refractivity contribution is 0.00193. The SMILES string of the molecule is CNC1CCCC1CCOCCOCCOCCOC. The maximum Gasteiger partial charge on any atom is 0.0701 e. The van der Waals surface area contributed by atoms with Crippen LogP contribution < -0.4 is 5.32 Å². The molecule has 0 amide bonds. The average Bonchev–Trinajstić information content (AvgIpc) is 2.92. The van der Waals surface area contributed by atoms with Gasteiger partial charge in [-0.2, -0.15) is 0 Å². The van der Waals surface area contributed by atoms with Crippen LogP contribution in [0.5, 0.6) is 0 Å². The molecule has 2 atom stereocenters. The second-order valence-corrected chi connectivity index (χ2v) is 5.20. The lowest BCUT2D eigenvalue weighted by Crippen LogP contribution is -2.29. The molecule has 0 bridgehead atoms. The quantitative estimate of drug-likeness (QED) is 0.520. The molecule has 1 saturated carbocycles. The number of rotatable bonds is 13. The van der Waals surface area contributed by atoms with Gasteiger partial charge in [-0.05, 0) is 32.2 Å². The molecule has 0 saturated heterocycles. The highest BCUT2D eigenvalue weighted by Gasteiger charge is 2.25. The number of ether oxygens (including phenoxy) is 4. The number of hydrogen-bond acceptors (Lipinski definition) is 5. The maximum absolute atomic E-state index is 5.62. The highest BCUT2D eigenvalue weighted by atomic mass is 16.6. The van der Waals surface area contributed by atoms with Crippen molar-refractivity contribution in [3.63, 3.8) is 0 Å². The molecule has 0 spiro atoms. The molecule has 0 aromatic rings. The van der Waals surface area contributed by atoms with Crippen molar-refractivity contribution in [1.82, 2.24) is 5.32 Å².